The number of aromatic nitrogens is 8. The van der Waals surface area contributed by atoms with Crippen LogP contribution < -0.4 is 0 Å². The summed E-state index contributed by atoms with van der Waals surface area (Å²) in [5.41, 5.74) is 18.7. The summed E-state index contributed by atoms with van der Waals surface area (Å²) in [5.74, 6) is 3.66. The van der Waals surface area contributed by atoms with Gasteiger partial charge >= 0.3 is 0 Å². The third-order valence-electron chi connectivity index (χ3n) is 19.4. The van der Waals surface area contributed by atoms with Gasteiger partial charge in [-0.2, -0.15) is 0 Å². The number of thiophene rings is 2. The van der Waals surface area contributed by atoms with E-state index in [1.54, 1.807) is 0 Å². The molecule has 0 aliphatic carbocycles. The van der Waals surface area contributed by atoms with E-state index >= 15 is 0 Å². The molecule has 0 aliphatic rings. The molecule has 0 N–H and O–H groups in total. The van der Waals surface area contributed by atoms with E-state index in [-0.39, 0.29) is 0 Å². The lowest BCUT2D eigenvalue weighted by molar-refractivity contribution is 1.07. The topological polar surface area (TPSA) is 87.2 Å². The average Bonchev–Trinajstić information content (AvgIpc) is 1.57. The van der Waals surface area contributed by atoms with Crippen LogP contribution in [0.1, 0.15) is 0 Å². The first-order valence-corrected chi connectivity index (χ1v) is 35.1. The first kappa shape index (κ1) is 57.4. The fourth-order valence-corrected chi connectivity index (χ4v) is 16.9. The van der Waals surface area contributed by atoms with Crippen LogP contribution in [0.25, 0.3) is 197 Å². The first-order chi connectivity index (χ1) is 49.5. The molecule has 0 saturated heterocycles. The van der Waals surface area contributed by atoms with Crippen LogP contribution in [0.5, 0.6) is 0 Å². The van der Waals surface area contributed by atoms with Crippen molar-refractivity contribution in [3.8, 4) is 113 Å². The molecule has 466 valence electrons. The van der Waals surface area contributed by atoms with Crippen LogP contribution in [0.2, 0.25) is 0 Å². The lowest BCUT2D eigenvalue weighted by atomic mass is 9.97. The Labute approximate surface area is 582 Å². The van der Waals surface area contributed by atoms with Crippen molar-refractivity contribution in [1.82, 2.24) is 39.0 Å². The van der Waals surface area contributed by atoms with Crippen molar-refractivity contribution in [2.75, 3.05) is 0 Å². The Hall–Kier alpha value is -12.9. The van der Waals surface area contributed by atoms with E-state index < -0.39 is 0 Å². The second-order valence-electron chi connectivity index (χ2n) is 25.4. The predicted octanol–water partition coefficient (Wildman–Crippen LogP) is 24.0. The molecule has 10 heteroatoms. The zero-order valence-corrected chi connectivity index (χ0v) is 55.2. The highest BCUT2D eigenvalue weighted by molar-refractivity contribution is 7.26. The predicted molar refractivity (Wildman–Crippen MR) is 417 cm³/mol. The summed E-state index contributed by atoms with van der Waals surface area (Å²) < 4.78 is 9.95. The summed E-state index contributed by atoms with van der Waals surface area (Å²) in [4.78, 5) is 31.0. The summed E-state index contributed by atoms with van der Waals surface area (Å²) >= 11 is 3.70. The maximum Gasteiger partial charge on any atom is 0.164 e. The molecule has 0 saturated carbocycles. The highest BCUT2D eigenvalue weighted by atomic mass is 32.1. The number of para-hydroxylation sites is 1. The monoisotopic (exact) mass is 1310 g/mol. The summed E-state index contributed by atoms with van der Waals surface area (Å²) in [6.07, 6.45) is 0. The van der Waals surface area contributed by atoms with E-state index in [4.69, 9.17) is 29.9 Å². The Bertz CT molecular complexity index is 6590. The van der Waals surface area contributed by atoms with Crippen LogP contribution >= 0.6 is 22.7 Å². The molecule has 14 aromatic carbocycles. The molecule has 0 atom stereocenters. The van der Waals surface area contributed by atoms with Gasteiger partial charge in [0, 0.05) is 107 Å². The van der Waals surface area contributed by atoms with Gasteiger partial charge in [0.15, 0.2) is 34.9 Å². The van der Waals surface area contributed by atoms with Crippen LogP contribution in [-0.2, 0) is 0 Å². The van der Waals surface area contributed by atoms with Gasteiger partial charge in [-0.15, -0.1) is 22.7 Å². The van der Waals surface area contributed by atoms with E-state index in [0.717, 1.165) is 89.2 Å². The molecule has 20 rings (SSSR count). The summed E-state index contributed by atoms with van der Waals surface area (Å²) in [6.45, 7) is 0. The molecule has 0 spiro atoms. The minimum atomic E-state index is 0.589. The van der Waals surface area contributed by atoms with Crippen molar-refractivity contribution in [2.45, 2.75) is 0 Å². The Kier molecular flexibility index (Phi) is 13.5. The Morgan fingerprint density at radius 2 is 0.570 bits per heavy atom. The molecule has 6 aromatic heterocycles. The van der Waals surface area contributed by atoms with Crippen LogP contribution in [0.3, 0.4) is 0 Å². The van der Waals surface area contributed by atoms with Gasteiger partial charge in [0.05, 0.1) is 22.1 Å². The van der Waals surface area contributed by atoms with Gasteiger partial charge in [-0.05, 0) is 124 Å². The second kappa shape index (κ2) is 23.5. The van der Waals surface area contributed by atoms with Crippen molar-refractivity contribution in [1.29, 1.82) is 0 Å². The van der Waals surface area contributed by atoms with E-state index in [1.807, 2.05) is 102 Å². The van der Waals surface area contributed by atoms with Crippen LogP contribution in [0, 0.1) is 0 Å². The van der Waals surface area contributed by atoms with E-state index in [0.29, 0.717) is 34.9 Å². The minimum absolute atomic E-state index is 0.589. The van der Waals surface area contributed by atoms with Crippen molar-refractivity contribution in [3.63, 3.8) is 0 Å². The minimum Gasteiger partial charge on any atom is -0.309 e. The third-order valence-corrected chi connectivity index (χ3v) is 21.7. The third kappa shape index (κ3) is 9.79. The number of hydrogen-bond donors (Lipinski definition) is 0. The van der Waals surface area contributed by atoms with Crippen molar-refractivity contribution < 1.29 is 0 Å². The molecule has 0 radical (unpaired) electrons. The van der Waals surface area contributed by atoms with Gasteiger partial charge in [-0.25, -0.2) is 29.9 Å². The maximum atomic E-state index is 5.39. The summed E-state index contributed by atoms with van der Waals surface area (Å²) in [7, 11) is 0. The molecular weight excluding hydrogens is 1260 g/mol. The van der Waals surface area contributed by atoms with Crippen LogP contribution in [0.4, 0.5) is 0 Å². The molecule has 0 aliphatic heterocycles. The fraction of sp³-hybridized carbons (Fsp3) is 0. The SMILES string of the molecule is c1ccc(-c2nc(-c3ccccc3)nc(-c3cccc(-c4ccc(-n5c6cc7sc8ccccc8c7cc6c6c(-c7cccc(-c8nc(-c9ccccc9)nc(-c9cccc(-c%10cccc(-n%11c%12ccccc%12c%12cc%13c(cc%12%11)sc%11ccccc%11%13)c%10)c9)n8)c7)cccc65)cc4)c3)n2)cc1. The number of nitrogens with zero attached hydrogens (tertiary/aromatic N) is 8. The Balaban J connectivity index is 0.680. The smallest absolute Gasteiger partial charge is 0.164 e. The second-order valence-corrected chi connectivity index (χ2v) is 27.5. The van der Waals surface area contributed by atoms with Crippen molar-refractivity contribution in [2.24, 2.45) is 0 Å². The molecule has 0 amide bonds. The summed E-state index contributed by atoms with van der Waals surface area (Å²) in [5, 5.41) is 9.93. The highest BCUT2D eigenvalue weighted by Crippen LogP contribution is 2.46. The fourth-order valence-electron chi connectivity index (χ4n) is 14.7. The molecule has 20 aromatic rings. The van der Waals surface area contributed by atoms with Crippen LogP contribution in [-0.4, -0.2) is 39.0 Å². The lowest BCUT2D eigenvalue weighted by Crippen LogP contribution is -2.00. The number of rotatable bonds is 11. The van der Waals surface area contributed by atoms with E-state index in [2.05, 4.69) is 258 Å². The highest BCUT2D eigenvalue weighted by Gasteiger charge is 2.23. The number of hydrogen-bond acceptors (Lipinski definition) is 8. The lowest BCUT2D eigenvalue weighted by Gasteiger charge is -2.12. The van der Waals surface area contributed by atoms with Crippen molar-refractivity contribution >= 4 is 107 Å². The van der Waals surface area contributed by atoms with Crippen molar-refractivity contribution in [3.05, 3.63) is 328 Å². The van der Waals surface area contributed by atoms with Gasteiger partial charge in [-0.3, -0.25) is 0 Å². The van der Waals surface area contributed by atoms with E-state index in [9.17, 15) is 0 Å². The van der Waals surface area contributed by atoms with E-state index in [1.165, 1.54) is 72.9 Å². The summed E-state index contributed by atoms with van der Waals surface area (Å²) in [6, 6.07) is 117. The Morgan fingerprint density at radius 1 is 0.190 bits per heavy atom. The standard InChI is InChI=1S/C90H54N8S2/c1-4-21-56(22-5-1)85-91-86(57-23-6-2-7-24-57)93-88(92-85)63-31-16-27-59(47-63)55-43-45-66(46-44-55)97-77-40-20-38-68(84(77)75-52-74-71-37-12-15-42-81(71)100-83(74)54-79(75)97)62-30-18-33-65(49-62)90-95-87(58-25-8-3-9-26-58)94-89(96-90)64-32-17-28-60(48-64)61-29-19-34-67(50-61)98-76-39-13-10-35-69(76)72-51-73-70-36-11-14-41-80(70)99-82(73)53-78(72)98/h1-54H. The molecule has 6 heterocycles. The normalized spacial score (nSPS) is 11.8. The van der Waals surface area contributed by atoms with Gasteiger partial charge in [0.2, 0.25) is 0 Å². The number of fused-ring (bicyclic) bond motifs is 12. The molecule has 0 fully saturated rings. The zero-order chi connectivity index (χ0) is 65.8. The molecule has 100 heavy (non-hydrogen) atoms. The average molecular weight is 1310 g/mol. The van der Waals surface area contributed by atoms with Gasteiger partial charge in [-0.1, -0.05) is 237 Å². The molecule has 8 nitrogen and oxygen atoms in total. The van der Waals surface area contributed by atoms with Gasteiger partial charge in [0.1, 0.15) is 0 Å². The Morgan fingerprint density at radius 3 is 1.12 bits per heavy atom. The van der Waals surface area contributed by atoms with Crippen LogP contribution in [0.15, 0.2) is 328 Å². The molecule has 0 bridgehead atoms. The quantitative estimate of drug-likeness (QED) is 0.128. The largest absolute Gasteiger partial charge is 0.309 e. The van der Waals surface area contributed by atoms with Gasteiger partial charge in [0.25, 0.3) is 0 Å². The maximum absolute atomic E-state index is 5.39. The number of benzene rings is 14. The first-order valence-electron chi connectivity index (χ1n) is 33.5. The van der Waals surface area contributed by atoms with Gasteiger partial charge < -0.3 is 9.13 Å². The molecule has 0 unspecified atom stereocenters. The molecular formula is C90H54N8S2. The zero-order valence-electron chi connectivity index (χ0n) is 53.6.